The third kappa shape index (κ3) is 9.50. The van der Waals surface area contributed by atoms with Crippen molar-refractivity contribution in [1.29, 1.82) is 0 Å². The summed E-state index contributed by atoms with van der Waals surface area (Å²) >= 11 is 0. The average molecular weight is 467 g/mol. The number of carbonyl (C=O) groups excluding carboxylic acids is 3. The Kier molecular flexibility index (Phi) is 12.1. The number of esters is 2. The van der Waals surface area contributed by atoms with Gasteiger partial charge in [-0.1, -0.05) is 64.5 Å². The molecule has 0 N–H and O–H groups in total. The first kappa shape index (κ1) is 27.3. The van der Waals surface area contributed by atoms with E-state index < -0.39 is 12.1 Å². The van der Waals surface area contributed by atoms with E-state index >= 15 is 0 Å². The Morgan fingerprint density at radius 1 is 0.735 bits per heavy atom. The number of carbonyl (C=O) groups is 3. The number of rotatable bonds is 15. The highest BCUT2D eigenvalue weighted by atomic mass is 16.5. The number of Topliss-reactive ketones (excluding diaryl/α,β-unsaturated/α-hetero) is 1. The van der Waals surface area contributed by atoms with Crippen LogP contribution >= 0.6 is 0 Å². The smallest absolute Gasteiger partial charge is 0.343 e. The number of hydrogen-bond acceptors (Lipinski definition) is 5. The second kappa shape index (κ2) is 15.0. The van der Waals surface area contributed by atoms with Crippen molar-refractivity contribution >= 4 is 17.7 Å². The molecule has 0 bridgehead atoms. The molecular formula is C29H38O5. The molecule has 184 valence electrons. The summed E-state index contributed by atoms with van der Waals surface area (Å²) in [5.74, 6) is -0.725. The number of hydrogen-bond donors (Lipinski definition) is 0. The van der Waals surface area contributed by atoms with Crippen LogP contribution < -0.4 is 4.74 Å². The fraction of sp³-hybridized carbons (Fsp3) is 0.483. The highest BCUT2D eigenvalue weighted by Gasteiger charge is 2.19. The third-order valence-electron chi connectivity index (χ3n) is 5.77. The molecular weight excluding hydrogens is 428 g/mol. The number of benzene rings is 2. The number of ketones is 1. The van der Waals surface area contributed by atoms with Gasteiger partial charge >= 0.3 is 11.9 Å². The van der Waals surface area contributed by atoms with Gasteiger partial charge in [-0.25, -0.2) is 4.79 Å². The molecule has 0 aromatic heterocycles. The van der Waals surface area contributed by atoms with Crippen LogP contribution in [0.4, 0.5) is 0 Å². The topological polar surface area (TPSA) is 69.7 Å². The van der Waals surface area contributed by atoms with Gasteiger partial charge in [0, 0.05) is 12.0 Å². The summed E-state index contributed by atoms with van der Waals surface area (Å²) in [6.45, 7) is 5.88. The van der Waals surface area contributed by atoms with Gasteiger partial charge in [0.15, 0.2) is 6.10 Å². The molecule has 1 atom stereocenters. The summed E-state index contributed by atoms with van der Waals surface area (Å²) in [5, 5.41) is 0. The molecule has 0 spiro atoms. The lowest BCUT2D eigenvalue weighted by molar-refractivity contribution is -0.146. The molecule has 1 unspecified atom stereocenters. The van der Waals surface area contributed by atoms with Crippen LogP contribution in [-0.4, -0.2) is 23.8 Å². The first-order valence-electron chi connectivity index (χ1n) is 12.6. The first-order chi connectivity index (χ1) is 16.4. The summed E-state index contributed by atoms with van der Waals surface area (Å²) in [4.78, 5) is 37.0. The van der Waals surface area contributed by atoms with Crippen LogP contribution in [0.1, 0.15) is 105 Å². The van der Waals surface area contributed by atoms with Crippen molar-refractivity contribution in [3.8, 4) is 5.75 Å². The second-order valence-corrected chi connectivity index (χ2v) is 8.73. The van der Waals surface area contributed by atoms with Crippen molar-refractivity contribution in [3.63, 3.8) is 0 Å². The maximum Gasteiger partial charge on any atom is 0.343 e. The summed E-state index contributed by atoms with van der Waals surface area (Å²) < 4.78 is 10.7. The van der Waals surface area contributed by atoms with Crippen LogP contribution in [0, 0.1) is 0 Å². The minimum absolute atomic E-state index is 0.283. The van der Waals surface area contributed by atoms with E-state index in [1.807, 2.05) is 12.1 Å². The van der Waals surface area contributed by atoms with E-state index in [1.165, 1.54) is 24.8 Å². The van der Waals surface area contributed by atoms with Crippen molar-refractivity contribution < 1.29 is 23.9 Å². The van der Waals surface area contributed by atoms with Gasteiger partial charge in [0.25, 0.3) is 0 Å². The Bertz CT molecular complexity index is 899. The van der Waals surface area contributed by atoms with Gasteiger partial charge in [-0.05, 0) is 68.1 Å². The Hall–Kier alpha value is -2.95. The lowest BCUT2D eigenvalue weighted by Crippen LogP contribution is -2.24. The maximum absolute atomic E-state index is 12.6. The lowest BCUT2D eigenvalue weighted by atomic mass is 10.0. The highest BCUT2D eigenvalue weighted by Crippen LogP contribution is 2.17. The molecule has 0 heterocycles. The van der Waals surface area contributed by atoms with Crippen LogP contribution in [0.5, 0.6) is 5.75 Å². The number of ether oxygens (including phenoxy) is 2. The van der Waals surface area contributed by atoms with Crippen molar-refractivity contribution in [3.05, 3.63) is 65.2 Å². The van der Waals surface area contributed by atoms with Crippen LogP contribution in [0.15, 0.2) is 48.5 Å². The zero-order chi connectivity index (χ0) is 24.8. The van der Waals surface area contributed by atoms with Crippen LogP contribution in [0.25, 0.3) is 0 Å². The van der Waals surface area contributed by atoms with E-state index in [-0.39, 0.29) is 11.8 Å². The van der Waals surface area contributed by atoms with Crippen molar-refractivity contribution in [1.82, 2.24) is 0 Å². The van der Waals surface area contributed by atoms with E-state index in [1.54, 1.807) is 43.3 Å². The molecule has 5 nitrogen and oxygen atoms in total. The summed E-state index contributed by atoms with van der Waals surface area (Å²) in [6, 6.07) is 13.8. The van der Waals surface area contributed by atoms with Gasteiger partial charge in [0.1, 0.15) is 5.75 Å². The molecule has 0 amide bonds. The fourth-order valence-corrected chi connectivity index (χ4v) is 3.66. The lowest BCUT2D eigenvalue weighted by Gasteiger charge is -2.13. The van der Waals surface area contributed by atoms with Gasteiger partial charge in [-0.2, -0.15) is 0 Å². The Balaban J connectivity index is 1.83. The normalized spacial score (nSPS) is 11.6. The SMILES string of the molecule is CCCCCCC(=O)OC(C)C(=O)c1ccc(OC(=O)c2ccc(CCCCCC)cc2)cc1. The van der Waals surface area contributed by atoms with E-state index in [4.69, 9.17) is 9.47 Å². The third-order valence-corrected chi connectivity index (χ3v) is 5.77. The van der Waals surface area contributed by atoms with Gasteiger partial charge in [0.2, 0.25) is 5.78 Å². The van der Waals surface area contributed by atoms with E-state index in [0.717, 1.165) is 38.5 Å². The zero-order valence-corrected chi connectivity index (χ0v) is 20.8. The highest BCUT2D eigenvalue weighted by molar-refractivity contribution is 6.00. The summed E-state index contributed by atoms with van der Waals surface area (Å²) in [7, 11) is 0. The standard InChI is InChI=1S/C29H38O5/c1-4-6-8-10-12-23-14-16-25(17-15-23)29(32)34-26-20-18-24(19-21-26)28(31)22(3)33-27(30)13-11-9-7-5-2/h14-22H,4-13H2,1-3H3. The summed E-state index contributed by atoms with van der Waals surface area (Å²) in [6.07, 6.45) is 9.26. The van der Waals surface area contributed by atoms with Crippen LogP contribution in [0.3, 0.4) is 0 Å². The monoisotopic (exact) mass is 466 g/mol. The zero-order valence-electron chi connectivity index (χ0n) is 20.8. The molecule has 2 aromatic rings. The Morgan fingerprint density at radius 3 is 1.94 bits per heavy atom. The predicted octanol–water partition coefficient (Wildman–Crippen LogP) is 7.11. The molecule has 34 heavy (non-hydrogen) atoms. The first-order valence-corrected chi connectivity index (χ1v) is 12.6. The number of unbranched alkanes of at least 4 members (excludes halogenated alkanes) is 6. The van der Waals surface area contributed by atoms with Gasteiger partial charge in [-0.3, -0.25) is 9.59 Å². The molecule has 0 radical (unpaired) electrons. The van der Waals surface area contributed by atoms with Gasteiger partial charge in [-0.15, -0.1) is 0 Å². The predicted molar refractivity (Wildman–Crippen MR) is 134 cm³/mol. The van der Waals surface area contributed by atoms with E-state index in [2.05, 4.69) is 13.8 Å². The molecule has 0 aliphatic carbocycles. The largest absolute Gasteiger partial charge is 0.454 e. The molecule has 5 heteroatoms. The van der Waals surface area contributed by atoms with Crippen molar-refractivity contribution in [2.24, 2.45) is 0 Å². The molecule has 0 saturated heterocycles. The van der Waals surface area contributed by atoms with Crippen molar-refractivity contribution in [2.75, 3.05) is 0 Å². The van der Waals surface area contributed by atoms with Gasteiger partial charge in [0.05, 0.1) is 5.56 Å². The maximum atomic E-state index is 12.6. The van der Waals surface area contributed by atoms with Crippen molar-refractivity contribution in [2.45, 2.75) is 91.1 Å². The molecule has 0 saturated carbocycles. The Morgan fingerprint density at radius 2 is 1.32 bits per heavy atom. The molecule has 2 aromatic carbocycles. The summed E-state index contributed by atoms with van der Waals surface area (Å²) in [5.41, 5.74) is 2.10. The minimum atomic E-state index is -0.854. The van der Waals surface area contributed by atoms with E-state index in [0.29, 0.717) is 23.3 Å². The molecule has 0 fully saturated rings. The number of aryl methyl sites for hydroxylation is 1. The van der Waals surface area contributed by atoms with Crippen LogP contribution in [-0.2, 0) is 16.0 Å². The molecule has 0 aliphatic rings. The molecule has 2 rings (SSSR count). The average Bonchev–Trinajstić information content (AvgIpc) is 2.85. The Labute approximate surface area is 203 Å². The minimum Gasteiger partial charge on any atom is -0.454 e. The fourth-order valence-electron chi connectivity index (χ4n) is 3.66. The van der Waals surface area contributed by atoms with Gasteiger partial charge < -0.3 is 9.47 Å². The van der Waals surface area contributed by atoms with E-state index in [9.17, 15) is 14.4 Å². The van der Waals surface area contributed by atoms with Crippen LogP contribution in [0.2, 0.25) is 0 Å². The quantitative estimate of drug-likeness (QED) is 0.121. The molecule has 0 aliphatic heterocycles. The second-order valence-electron chi connectivity index (χ2n) is 8.73.